The Morgan fingerprint density at radius 1 is 1.44 bits per heavy atom. The van der Waals surface area contributed by atoms with Crippen molar-refractivity contribution in [3.63, 3.8) is 0 Å². The number of aromatic nitrogens is 2. The van der Waals surface area contributed by atoms with Crippen LogP contribution in [0.25, 0.3) is 0 Å². The number of ketones is 1. The number of methoxy groups -OCH3 is 1. The van der Waals surface area contributed by atoms with E-state index in [2.05, 4.69) is 9.84 Å². The quantitative estimate of drug-likeness (QED) is 0.566. The van der Waals surface area contributed by atoms with Gasteiger partial charge in [-0.3, -0.25) is 9.48 Å². The third-order valence-corrected chi connectivity index (χ3v) is 1.82. The van der Waals surface area contributed by atoms with Gasteiger partial charge in [-0.1, -0.05) is 0 Å². The minimum absolute atomic E-state index is 0.507. The van der Waals surface area contributed by atoms with Crippen LogP contribution in [-0.2, 0) is 11.8 Å². The van der Waals surface area contributed by atoms with E-state index >= 15 is 0 Å². The number of hydrogen-bond donors (Lipinski definition) is 0. The van der Waals surface area contributed by atoms with E-state index in [9.17, 15) is 22.8 Å². The van der Waals surface area contributed by atoms with E-state index in [1.54, 1.807) is 0 Å². The lowest BCUT2D eigenvalue weighted by molar-refractivity contribution is -0.0891. The number of alkyl halides is 3. The molecule has 0 radical (unpaired) electrons. The van der Waals surface area contributed by atoms with Crippen LogP contribution < -0.4 is 0 Å². The second kappa shape index (κ2) is 3.95. The van der Waals surface area contributed by atoms with Gasteiger partial charge >= 0.3 is 12.1 Å². The van der Waals surface area contributed by atoms with Gasteiger partial charge in [-0.2, -0.15) is 18.3 Å². The number of Topliss-reactive ketones (excluding diaryl/α,β-unsaturated/α-hetero) is 1. The molecule has 0 bridgehead atoms. The minimum atomic E-state index is -5.06. The summed E-state index contributed by atoms with van der Waals surface area (Å²) in [5.41, 5.74) is -1.34. The van der Waals surface area contributed by atoms with Gasteiger partial charge in [0.2, 0.25) is 0 Å². The zero-order valence-electron chi connectivity index (χ0n) is 8.33. The first kappa shape index (κ1) is 12.2. The first-order valence-corrected chi connectivity index (χ1v) is 4.01. The average molecular weight is 236 g/mol. The predicted molar refractivity (Wildman–Crippen MR) is 44.9 cm³/mol. The van der Waals surface area contributed by atoms with Gasteiger partial charge in [0.1, 0.15) is 11.3 Å². The Balaban J connectivity index is 3.28. The van der Waals surface area contributed by atoms with Crippen molar-refractivity contribution in [2.24, 2.45) is 7.05 Å². The van der Waals surface area contributed by atoms with Crippen molar-refractivity contribution in [1.29, 1.82) is 0 Å². The Hall–Kier alpha value is -1.86. The fraction of sp³-hybridized carbons (Fsp3) is 0.375. The Kier molecular flexibility index (Phi) is 3.02. The SMILES string of the molecule is COC(=O)c1cnn(C)c1C(=O)C(F)(F)F. The summed E-state index contributed by atoms with van der Waals surface area (Å²) in [5.74, 6) is -3.17. The predicted octanol–water partition coefficient (Wildman–Crippen LogP) is 0.952. The molecule has 16 heavy (non-hydrogen) atoms. The molecule has 0 spiro atoms. The third-order valence-electron chi connectivity index (χ3n) is 1.82. The Morgan fingerprint density at radius 2 is 2.00 bits per heavy atom. The lowest BCUT2D eigenvalue weighted by Crippen LogP contribution is -2.27. The molecular formula is C8H7F3N2O3. The topological polar surface area (TPSA) is 61.2 Å². The first-order valence-electron chi connectivity index (χ1n) is 4.01. The number of esters is 1. The molecule has 0 saturated heterocycles. The lowest BCUT2D eigenvalue weighted by Gasteiger charge is -2.06. The normalized spacial score (nSPS) is 11.3. The zero-order valence-corrected chi connectivity index (χ0v) is 8.33. The molecule has 88 valence electrons. The number of rotatable bonds is 2. The molecule has 0 aliphatic rings. The summed E-state index contributed by atoms with van der Waals surface area (Å²) >= 11 is 0. The number of hydrogen-bond acceptors (Lipinski definition) is 4. The molecule has 0 unspecified atom stereocenters. The summed E-state index contributed by atoms with van der Waals surface area (Å²) in [6.07, 6.45) is -4.21. The fourth-order valence-electron chi connectivity index (χ4n) is 1.10. The van der Waals surface area contributed by atoms with Crippen LogP contribution in [0, 0.1) is 0 Å². The summed E-state index contributed by atoms with van der Waals surface area (Å²) in [5, 5.41) is 3.42. The molecule has 0 amide bonds. The highest BCUT2D eigenvalue weighted by Gasteiger charge is 2.43. The van der Waals surface area contributed by atoms with Crippen LogP contribution in [-0.4, -0.2) is 34.8 Å². The highest BCUT2D eigenvalue weighted by Crippen LogP contribution is 2.23. The summed E-state index contributed by atoms with van der Waals surface area (Å²) < 4.78 is 41.5. The van der Waals surface area contributed by atoms with E-state index in [0.717, 1.165) is 20.4 Å². The van der Waals surface area contributed by atoms with Gasteiger partial charge in [0.25, 0.3) is 5.78 Å². The lowest BCUT2D eigenvalue weighted by atomic mass is 10.2. The van der Waals surface area contributed by atoms with Crippen LogP contribution in [0.1, 0.15) is 20.8 Å². The van der Waals surface area contributed by atoms with Gasteiger partial charge in [0.05, 0.1) is 13.3 Å². The second-order valence-corrected chi connectivity index (χ2v) is 2.85. The molecule has 1 rings (SSSR count). The van der Waals surface area contributed by atoms with Gasteiger partial charge in [-0.25, -0.2) is 4.79 Å². The molecule has 0 saturated carbocycles. The van der Waals surface area contributed by atoms with Gasteiger partial charge in [-0.15, -0.1) is 0 Å². The minimum Gasteiger partial charge on any atom is -0.465 e. The van der Waals surface area contributed by atoms with E-state index in [4.69, 9.17) is 0 Å². The van der Waals surface area contributed by atoms with Crippen LogP contribution in [0.3, 0.4) is 0 Å². The molecule has 5 nitrogen and oxygen atoms in total. The number of halogens is 3. The molecule has 1 aromatic heterocycles. The monoisotopic (exact) mass is 236 g/mol. The van der Waals surface area contributed by atoms with Crippen LogP contribution in [0.4, 0.5) is 13.2 Å². The number of carbonyl (C=O) groups is 2. The van der Waals surface area contributed by atoms with Crippen LogP contribution >= 0.6 is 0 Å². The average Bonchev–Trinajstić information content (AvgIpc) is 2.56. The van der Waals surface area contributed by atoms with Gasteiger partial charge in [0.15, 0.2) is 0 Å². The summed E-state index contributed by atoms with van der Waals surface area (Å²) in [4.78, 5) is 22.1. The van der Waals surface area contributed by atoms with E-state index in [0.29, 0.717) is 4.68 Å². The highest BCUT2D eigenvalue weighted by molar-refractivity contribution is 6.07. The van der Waals surface area contributed by atoms with Crippen molar-refractivity contribution in [3.05, 3.63) is 17.5 Å². The molecule has 0 aromatic carbocycles. The molecule has 1 aromatic rings. The Morgan fingerprint density at radius 3 is 2.44 bits per heavy atom. The standard InChI is InChI=1S/C8H7F3N2O3/c1-13-5(6(14)8(9,10)11)4(3-12-13)7(15)16-2/h3H,1-2H3. The molecule has 1 heterocycles. The third kappa shape index (κ3) is 2.05. The van der Waals surface area contributed by atoms with Crippen molar-refractivity contribution in [2.45, 2.75) is 6.18 Å². The smallest absolute Gasteiger partial charge is 0.456 e. The first-order chi connectivity index (χ1) is 7.29. The summed E-state index contributed by atoms with van der Waals surface area (Å²) in [6.45, 7) is 0. The van der Waals surface area contributed by atoms with E-state index in [1.165, 1.54) is 0 Å². The van der Waals surface area contributed by atoms with Crippen LogP contribution in [0.15, 0.2) is 6.20 Å². The van der Waals surface area contributed by atoms with Crippen LogP contribution in [0.5, 0.6) is 0 Å². The molecule has 8 heteroatoms. The Bertz CT molecular complexity index is 436. The number of nitrogens with zero attached hydrogens (tertiary/aromatic N) is 2. The van der Waals surface area contributed by atoms with Crippen molar-refractivity contribution in [3.8, 4) is 0 Å². The maximum atomic E-state index is 12.2. The van der Waals surface area contributed by atoms with E-state index in [-0.39, 0.29) is 0 Å². The number of carbonyl (C=O) groups excluding carboxylic acids is 2. The van der Waals surface area contributed by atoms with Gasteiger partial charge in [0, 0.05) is 7.05 Å². The van der Waals surface area contributed by atoms with Gasteiger partial charge < -0.3 is 4.74 Å². The van der Waals surface area contributed by atoms with Crippen LogP contribution in [0.2, 0.25) is 0 Å². The van der Waals surface area contributed by atoms with Crippen molar-refractivity contribution >= 4 is 11.8 Å². The molecule has 0 aliphatic heterocycles. The van der Waals surface area contributed by atoms with Crippen molar-refractivity contribution in [2.75, 3.05) is 7.11 Å². The molecule has 0 fully saturated rings. The highest BCUT2D eigenvalue weighted by atomic mass is 19.4. The maximum absolute atomic E-state index is 12.2. The fourth-order valence-corrected chi connectivity index (χ4v) is 1.10. The van der Waals surface area contributed by atoms with Gasteiger partial charge in [-0.05, 0) is 0 Å². The molecule has 0 atom stereocenters. The van der Waals surface area contributed by atoms with E-state index < -0.39 is 29.2 Å². The number of ether oxygens (including phenoxy) is 1. The summed E-state index contributed by atoms with van der Waals surface area (Å²) in [6, 6.07) is 0. The Labute approximate surface area is 87.8 Å². The largest absolute Gasteiger partial charge is 0.465 e. The van der Waals surface area contributed by atoms with Crippen molar-refractivity contribution < 1.29 is 27.5 Å². The molecule has 0 aliphatic carbocycles. The second-order valence-electron chi connectivity index (χ2n) is 2.85. The summed E-state index contributed by atoms with van der Waals surface area (Å²) in [7, 11) is 2.13. The zero-order chi connectivity index (χ0) is 12.5. The molecule has 0 N–H and O–H groups in total. The number of aryl methyl sites for hydroxylation is 1. The molecular weight excluding hydrogens is 229 g/mol. The maximum Gasteiger partial charge on any atom is 0.456 e. The van der Waals surface area contributed by atoms with E-state index in [1.807, 2.05) is 0 Å². The van der Waals surface area contributed by atoms with Crippen molar-refractivity contribution in [1.82, 2.24) is 9.78 Å².